The van der Waals surface area contributed by atoms with E-state index in [2.05, 4.69) is 31.9 Å². The van der Waals surface area contributed by atoms with Gasteiger partial charge >= 0.3 is 0 Å². The molecule has 6 aromatic carbocycles. The molecule has 0 saturated heterocycles. The summed E-state index contributed by atoms with van der Waals surface area (Å²) in [5.41, 5.74) is 4.15. The fourth-order valence-electron chi connectivity index (χ4n) is 4.62. The molecule has 7 heteroatoms. The van der Waals surface area contributed by atoms with Gasteiger partial charge in [-0.2, -0.15) is 0 Å². The zero-order valence-electron chi connectivity index (χ0n) is 22.7. The smallest absolute Gasteiger partial charge is 0.206 e. The Labute approximate surface area is 267 Å². The third-order valence-electron chi connectivity index (χ3n) is 6.70. The van der Waals surface area contributed by atoms with Crippen LogP contribution in [0.2, 0.25) is 0 Å². The van der Waals surface area contributed by atoms with Crippen molar-refractivity contribution in [1.29, 1.82) is 0 Å². The second kappa shape index (κ2) is 12.6. The van der Waals surface area contributed by atoms with E-state index in [9.17, 15) is 8.42 Å². The molecule has 6 rings (SSSR count). The van der Waals surface area contributed by atoms with Crippen molar-refractivity contribution in [2.24, 2.45) is 0 Å². The molecule has 0 aliphatic heterocycles. The summed E-state index contributed by atoms with van der Waals surface area (Å²) in [4.78, 5) is 0.347. The maximum Gasteiger partial charge on any atom is 0.206 e. The van der Waals surface area contributed by atoms with Crippen molar-refractivity contribution in [3.05, 3.63) is 155 Å². The highest BCUT2D eigenvalue weighted by Gasteiger charge is 2.18. The van der Waals surface area contributed by atoms with Crippen LogP contribution in [0.25, 0.3) is 22.3 Å². The molecule has 0 aliphatic carbocycles. The molecule has 0 bridgehead atoms. The van der Waals surface area contributed by atoms with Gasteiger partial charge in [0.15, 0.2) is 0 Å². The standard InChI is InChI=1S/C36H24Br2O4S/c37-29-19-27(25-7-3-1-4-8-25)21-33(23-29)41-31-11-15-35(16-12-31)43(39,40)36-17-13-32(14-18-36)42-34-22-28(20-30(38)24-34)26-9-5-2-6-10-26/h1-24H. The van der Waals surface area contributed by atoms with Gasteiger partial charge in [0.2, 0.25) is 9.84 Å². The number of halogens is 2. The molecule has 0 N–H and O–H groups in total. The molecule has 0 aliphatic rings. The van der Waals surface area contributed by atoms with Gasteiger partial charge in [0.25, 0.3) is 0 Å². The molecule has 43 heavy (non-hydrogen) atoms. The lowest BCUT2D eigenvalue weighted by atomic mass is 10.1. The molecule has 212 valence electrons. The summed E-state index contributed by atoms with van der Waals surface area (Å²) in [6, 6.07) is 44.6. The summed E-state index contributed by atoms with van der Waals surface area (Å²) in [6.45, 7) is 0. The highest BCUT2D eigenvalue weighted by Crippen LogP contribution is 2.34. The molecule has 0 radical (unpaired) electrons. The lowest BCUT2D eigenvalue weighted by Crippen LogP contribution is -2.01. The van der Waals surface area contributed by atoms with E-state index in [1.54, 1.807) is 48.5 Å². The molecule has 0 saturated carbocycles. The largest absolute Gasteiger partial charge is 0.457 e. The number of benzene rings is 6. The summed E-state index contributed by atoms with van der Waals surface area (Å²) < 4.78 is 40.6. The monoisotopic (exact) mass is 710 g/mol. The summed E-state index contributed by atoms with van der Waals surface area (Å²) in [7, 11) is -3.74. The number of sulfone groups is 1. The minimum absolute atomic E-state index is 0.173. The van der Waals surface area contributed by atoms with Gasteiger partial charge in [0, 0.05) is 8.95 Å². The fourth-order valence-corrected chi connectivity index (χ4v) is 6.83. The second-order valence-corrected chi connectivity index (χ2v) is 13.5. The van der Waals surface area contributed by atoms with Crippen molar-refractivity contribution in [2.45, 2.75) is 9.79 Å². The summed E-state index contributed by atoms with van der Waals surface area (Å²) in [5.74, 6) is 2.34. The SMILES string of the molecule is O=S(=O)(c1ccc(Oc2cc(Br)cc(-c3ccccc3)c2)cc1)c1ccc(Oc2cc(Br)cc(-c3ccccc3)c2)cc1. The van der Waals surface area contributed by atoms with Crippen LogP contribution in [0.4, 0.5) is 0 Å². The Morgan fingerprint density at radius 1 is 0.395 bits per heavy atom. The Morgan fingerprint density at radius 3 is 1.14 bits per heavy atom. The van der Waals surface area contributed by atoms with Gasteiger partial charge in [0.05, 0.1) is 9.79 Å². The van der Waals surface area contributed by atoms with Crippen molar-refractivity contribution < 1.29 is 17.9 Å². The van der Waals surface area contributed by atoms with Crippen LogP contribution in [0.1, 0.15) is 0 Å². The maximum atomic E-state index is 13.4. The van der Waals surface area contributed by atoms with E-state index >= 15 is 0 Å². The van der Waals surface area contributed by atoms with E-state index < -0.39 is 9.84 Å². The Balaban J connectivity index is 1.16. The molecule has 0 amide bonds. The number of rotatable bonds is 8. The topological polar surface area (TPSA) is 52.6 Å². The number of ether oxygens (including phenoxy) is 2. The highest BCUT2D eigenvalue weighted by molar-refractivity contribution is 9.10. The van der Waals surface area contributed by atoms with Crippen LogP contribution in [0, 0.1) is 0 Å². The Bertz CT molecular complexity index is 1840. The van der Waals surface area contributed by atoms with Crippen LogP contribution in [-0.2, 0) is 9.84 Å². The highest BCUT2D eigenvalue weighted by atomic mass is 79.9. The van der Waals surface area contributed by atoms with Gasteiger partial charge in [-0.05, 0) is 107 Å². The lowest BCUT2D eigenvalue weighted by Gasteiger charge is -2.11. The van der Waals surface area contributed by atoms with Crippen molar-refractivity contribution in [2.75, 3.05) is 0 Å². The van der Waals surface area contributed by atoms with Crippen molar-refractivity contribution in [3.63, 3.8) is 0 Å². The van der Waals surface area contributed by atoms with Gasteiger partial charge in [-0.25, -0.2) is 8.42 Å². The Hall–Kier alpha value is -4.17. The first kappa shape index (κ1) is 28.9. The number of hydrogen-bond acceptors (Lipinski definition) is 4. The summed E-state index contributed by atoms with van der Waals surface area (Å²) in [5, 5.41) is 0. The van der Waals surface area contributed by atoms with E-state index in [1.807, 2.05) is 97.1 Å². The van der Waals surface area contributed by atoms with E-state index in [1.165, 1.54) is 0 Å². The molecule has 0 fully saturated rings. The third-order valence-corrected chi connectivity index (χ3v) is 9.40. The Morgan fingerprint density at radius 2 is 0.767 bits per heavy atom. The van der Waals surface area contributed by atoms with Crippen molar-refractivity contribution in [1.82, 2.24) is 0 Å². The summed E-state index contributed by atoms with van der Waals surface area (Å²) in [6.07, 6.45) is 0. The predicted molar refractivity (Wildman–Crippen MR) is 178 cm³/mol. The average Bonchev–Trinajstić information content (AvgIpc) is 3.02. The normalized spacial score (nSPS) is 11.2. The zero-order chi connectivity index (χ0) is 29.8. The van der Waals surface area contributed by atoms with Crippen molar-refractivity contribution in [3.8, 4) is 45.3 Å². The molecular weight excluding hydrogens is 688 g/mol. The van der Waals surface area contributed by atoms with Crippen LogP contribution in [-0.4, -0.2) is 8.42 Å². The van der Waals surface area contributed by atoms with Crippen molar-refractivity contribution >= 4 is 41.7 Å². The molecule has 0 unspecified atom stereocenters. The minimum Gasteiger partial charge on any atom is -0.457 e. The zero-order valence-corrected chi connectivity index (χ0v) is 26.6. The minimum atomic E-state index is -3.74. The maximum absolute atomic E-state index is 13.4. The van der Waals surface area contributed by atoms with Crippen LogP contribution in [0.5, 0.6) is 23.0 Å². The van der Waals surface area contributed by atoms with Crippen LogP contribution < -0.4 is 9.47 Å². The molecule has 4 nitrogen and oxygen atoms in total. The number of hydrogen-bond donors (Lipinski definition) is 0. The molecule has 0 spiro atoms. The van der Waals surface area contributed by atoms with E-state index in [0.717, 1.165) is 31.2 Å². The predicted octanol–water partition coefficient (Wildman–Crippen LogP) is 11.0. The molecule has 6 aromatic rings. The van der Waals surface area contributed by atoms with Gasteiger partial charge in [-0.15, -0.1) is 0 Å². The fraction of sp³-hybridized carbons (Fsp3) is 0. The Kier molecular flexibility index (Phi) is 8.47. The molecule has 0 heterocycles. The van der Waals surface area contributed by atoms with Gasteiger partial charge in [-0.1, -0.05) is 92.5 Å². The first-order valence-corrected chi connectivity index (χ1v) is 16.4. The van der Waals surface area contributed by atoms with Gasteiger partial charge in [0.1, 0.15) is 23.0 Å². The third kappa shape index (κ3) is 6.91. The van der Waals surface area contributed by atoms with Gasteiger partial charge < -0.3 is 9.47 Å². The molecular formula is C36H24Br2O4S. The van der Waals surface area contributed by atoms with E-state index in [-0.39, 0.29) is 9.79 Å². The van der Waals surface area contributed by atoms with Crippen LogP contribution >= 0.6 is 31.9 Å². The van der Waals surface area contributed by atoms with E-state index in [0.29, 0.717) is 23.0 Å². The van der Waals surface area contributed by atoms with E-state index in [4.69, 9.17) is 9.47 Å². The quantitative estimate of drug-likeness (QED) is 0.158. The second-order valence-electron chi connectivity index (χ2n) is 9.73. The van der Waals surface area contributed by atoms with Crippen LogP contribution in [0.3, 0.4) is 0 Å². The average molecular weight is 712 g/mol. The summed E-state index contributed by atoms with van der Waals surface area (Å²) >= 11 is 7.11. The first-order chi connectivity index (χ1) is 20.8. The van der Waals surface area contributed by atoms with Crippen LogP contribution in [0.15, 0.2) is 164 Å². The molecule has 0 atom stereocenters. The van der Waals surface area contributed by atoms with Gasteiger partial charge in [-0.3, -0.25) is 0 Å². The first-order valence-electron chi connectivity index (χ1n) is 13.4. The lowest BCUT2D eigenvalue weighted by molar-refractivity contribution is 0.482. The molecule has 0 aromatic heterocycles.